The Balaban J connectivity index is 1.33. The Morgan fingerprint density at radius 2 is 1.92 bits per heavy atom. The van der Waals surface area contributed by atoms with Crippen LogP contribution in [0.4, 0.5) is 11.6 Å². The van der Waals surface area contributed by atoms with Crippen LogP contribution in [0.5, 0.6) is 0 Å². The van der Waals surface area contributed by atoms with Crippen molar-refractivity contribution >= 4 is 63.5 Å². The van der Waals surface area contributed by atoms with Crippen LogP contribution >= 0.6 is 23.2 Å². The van der Waals surface area contributed by atoms with Gasteiger partial charge in [-0.25, -0.2) is 9.98 Å². The summed E-state index contributed by atoms with van der Waals surface area (Å²) in [4.78, 5) is 50.8. The smallest absolute Gasteiger partial charge is 0.262 e. The van der Waals surface area contributed by atoms with Gasteiger partial charge in [0.15, 0.2) is 5.96 Å². The lowest BCUT2D eigenvalue weighted by atomic mass is 9.45. The van der Waals surface area contributed by atoms with Crippen molar-refractivity contribution < 1.29 is 9.59 Å². The number of rotatable bonds is 8. The normalized spacial score (nSPS) is 24.9. The van der Waals surface area contributed by atoms with Gasteiger partial charge in [-0.3, -0.25) is 19.0 Å². The molecule has 2 bridgehead atoms. The number of benzene rings is 2. The second-order valence-corrected chi connectivity index (χ2v) is 14.9. The molecule has 3 saturated carbocycles. The first kappa shape index (κ1) is 34.0. The number of amides is 2. The first-order chi connectivity index (χ1) is 22.8. The topological polar surface area (TPSA) is 133 Å². The molecule has 256 valence electrons. The van der Waals surface area contributed by atoms with Gasteiger partial charge in [0.1, 0.15) is 0 Å². The molecule has 4 aliphatic rings. The molecule has 1 aromatic heterocycles. The summed E-state index contributed by atoms with van der Waals surface area (Å²) in [6, 6.07) is 10.8. The molecule has 3 unspecified atom stereocenters. The number of likely N-dealkylation sites (N-methyl/N-ethyl adjacent to an activating group) is 1. The van der Waals surface area contributed by atoms with Crippen molar-refractivity contribution in [3.8, 4) is 0 Å². The Bertz CT molecular complexity index is 1830. The fourth-order valence-corrected chi connectivity index (χ4v) is 8.22. The lowest BCUT2D eigenvalue weighted by molar-refractivity contribution is -0.124. The van der Waals surface area contributed by atoms with E-state index in [1.165, 1.54) is 11.0 Å². The summed E-state index contributed by atoms with van der Waals surface area (Å²) < 4.78 is 1.53. The van der Waals surface area contributed by atoms with Crippen LogP contribution in [-0.2, 0) is 22.6 Å². The van der Waals surface area contributed by atoms with Crippen molar-refractivity contribution in [2.45, 2.75) is 65.6 Å². The Morgan fingerprint density at radius 3 is 2.60 bits per heavy atom. The zero-order valence-corrected chi connectivity index (χ0v) is 29.6. The van der Waals surface area contributed by atoms with Crippen LogP contribution in [0.1, 0.15) is 46.1 Å². The standard InChI is InChI=1S/C35H44Cl2N8O3/c1-19-17-44(18-31(47)40-19)34(42-28-13-22-12-26(20(28)2)35(22,3)4)41-24-8-9-25-29(15-24)43-33(39-16-30(46)38-5)45(32(25)48)11-10-21-6-7-23(36)14-27(21)37/h6-9,14-15,19-20,22,26,28H,10-13,16-18H2,1-5H3,(H,38,46)(H,39,43)(H,40,47)(H,41,42)/t19?,20?,22?,26-,28+/m1/s1. The number of hydrogen-bond acceptors (Lipinski definition) is 6. The van der Waals surface area contributed by atoms with E-state index >= 15 is 0 Å². The number of nitrogens with zero attached hydrogens (tertiary/aromatic N) is 4. The lowest BCUT2D eigenvalue weighted by Gasteiger charge is -2.61. The van der Waals surface area contributed by atoms with Gasteiger partial charge in [0.05, 0.1) is 30.0 Å². The number of fused-ring (bicyclic) bond motifs is 3. The Labute approximate surface area is 290 Å². The predicted octanol–water partition coefficient (Wildman–Crippen LogP) is 4.76. The molecule has 1 aliphatic heterocycles. The average molecular weight is 696 g/mol. The van der Waals surface area contributed by atoms with Crippen LogP contribution in [0.3, 0.4) is 0 Å². The van der Waals surface area contributed by atoms with Crippen LogP contribution in [-0.4, -0.2) is 71.0 Å². The summed E-state index contributed by atoms with van der Waals surface area (Å²) in [6.07, 6.45) is 2.73. The molecule has 13 heteroatoms. The number of carbonyl (C=O) groups is 2. The van der Waals surface area contributed by atoms with Gasteiger partial charge in [0, 0.05) is 41.9 Å². The average Bonchev–Trinajstić information content (AvgIpc) is 3.03. The van der Waals surface area contributed by atoms with E-state index in [1.54, 1.807) is 25.2 Å². The van der Waals surface area contributed by atoms with Gasteiger partial charge in [-0.05, 0) is 85.3 Å². The van der Waals surface area contributed by atoms with E-state index in [4.69, 9.17) is 33.2 Å². The highest BCUT2D eigenvalue weighted by Gasteiger charge is 2.56. The molecule has 3 aromatic rings. The maximum atomic E-state index is 13.9. The summed E-state index contributed by atoms with van der Waals surface area (Å²) in [5.74, 6) is 2.32. The van der Waals surface area contributed by atoms with Crippen LogP contribution in [0, 0.1) is 23.2 Å². The van der Waals surface area contributed by atoms with Gasteiger partial charge in [0.2, 0.25) is 17.8 Å². The van der Waals surface area contributed by atoms with Gasteiger partial charge in [-0.1, -0.05) is 50.0 Å². The minimum atomic E-state index is -0.246. The first-order valence-corrected chi connectivity index (χ1v) is 17.4. The lowest BCUT2D eigenvalue weighted by Crippen LogP contribution is -2.58. The highest BCUT2D eigenvalue weighted by Crippen LogP contribution is 2.61. The number of aryl methyl sites for hydroxylation is 1. The third-order valence-electron chi connectivity index (χ3n) is 10.7. The summed E-state index contributed by atoms with van der Waals surface area (Å²) in [6.45, 7) is 10.1. The number of nitrogens with one attached hydrogen (secondary N) is 4. The largest absolute Gasteiger partial charge is 0.358 e. The van der Waals surface area contributed by atoms with Gasteiger partial charge in [0.25, 0.3) is 5.56 Å². The quantitative estimate of drug-likeness (QED) is 0.197. The zero-order valence-electron chi connectivity index (χ0n) is 28.1. The predicted molar refractivity (Wildman–Crippen MR) is 192 cm³/mol. The number of aromatic nitrogens is 2. The van der Waals surface area contributed by atoms with Gasteiger partial charge < -0.3 is 26.2 Å². The van der Waals surface area contributed by atoms with Gasteiger partial charge >= 0.3 is 0 Å². The van der Waals surface area contributed by atoms with E-state index < -0.39 is 0 Å². The molecule has 48 heavy (non-hydrogen) atoms. The van der Waals surface area contributed by atoms with Crippen LogP contribution in [0.2, 0.25) is 10.0 Å². The zero-order chi connectivity index (χ0) is 34.3. The van der Waals surface area contributed by atoms with Crippen molar-refractivity contribution in [1.29, 1.82) is 0 Å². The number of halogens is 2. The molecule has 2 heterocycles. The van der Waals surface area contributed by atoms with Gasteiger partial charge in [-0.15, -0.1) is 0 Å². The van der Waals surface area contributed by atoms with Crippen molar-refractivity contribution in [2.24, 2.45) is 28.2 Å². The van der Waals surface area contributed by atoms with Crippen LogP contribution in [0.15, 0.2) is 46.2 Å². The second-order valence-electron chi connectivity index (χ2n) is 14.1. The van der Waals surface area contributed by atoms with Crippen molar-refractivity contribution in [3.05, 3.63) is 62.4 Å². The Kier molecular flexibility index (Phi) is 9.64. The first-order valence-electron chi connectivity index (χ1n) is 16.7. The van der Waals surface area contributed by atoms with Crippen LogP contribution < -0.4 is 26.8 Å². The fourth-order valence-electron chi connectivity index (χ4n) is 7.71. The van der Waals surface area contributed by atoms with Gasteiger partial charge in [-0.2, -0.15) is 0 Å². The molecule has 1 saturated heterocycles. The van der Waals surface area contributed by atoms with E-state index in [2.05, 4.69) is 42.0 Å². The van der Waals surface area contributed by atoms with E-state index in [1.807, 2.05) is 30.0 Å². The van der Waals surface area contributed by atoms with Crippen molar-refractivity contribution in [3.63, 3.8) is 0 Å². The molecule has 11 nitrogen and oxygen atoms in total. The third-order valence-corrected chi connectivity index (χ3v) is 11.2. The van der Waals surface area contributed by atoms with E-state index in [0.29, 0.717) is 68.7 Å². The molecule has 0 radical (unpaired) electrons. The molecular formula is C35H44Cl2N8O3. The molecular weight excluding hydrogens is 651 g/mol. The monoisotopic (exact) mass is 694 g/mol. The van der Waals surface area contributed by atoms with Crippen LogP contribution in [0.25, 0.3) is 10.9 Å². The number of aliphatic imine (C=N–C) groups is 1. The molecule has 0 spiro atoms. The summed E-state index contributed by atoms with van der Waals surface area (Å²) >= 11 is 12.5. The summed E-state index contributed by atoms with van der Waals surface area (Å²) in [5, 5.41) is 13.6. The fraction of sp³-hybridized carbons (Fsp3) is 0.514. The summed E-state index contributed by atoms with van der Waals surface area (Å²) in [5.41, 5.74) is 2.09. The maximum Gasteiger partial charge on any atom is 0.262 e. The minimum Gasteiger partial charge on any atom is -0.358 e. The number of anilines is 2. The SMILES string of the molecule is CNC(=O)CNc1nc2cc(N/C(=N/[C@H]3CC4C[C@H](C3C)C4(C)C)N3CC(=O)NC(C)C3)ccc2c(=O)n1CCc1ccc(Cl)cc1Cl. The van der Waals surface area contributed by atoms with E-state index in [9.17, 15) is 14.4 Å². The highest BCUT2D eigenvalue weighted by atomic mass is 35.5. The number of carbonyl (C=O) groups excluding carboxylic acids is 2. The summed E-state index contributed by atoms with van der Waals surface area (Å²) in [7, 11) is 1.55. The molecule has 2 amide bonds. The highest BCUT2D eigenvalue weighted by molar-refractivity contribution is 6.35. The Morgan fingerprint density at radius 1 is 1.12 bits per heavy atom. The number of guanidine groups is 1. The maximum absolute atomic E-state index is 13.9. The number of hydrogen-bond donors (Lipinski definition) is 4. The third kappa shape index (κ3) is 6.85. The Hall–Kier alpha value is -3.83. The minimum absolute atomic E-state index is 0.0252. The van der Waals surface area contributed by atoms with Crippen molar-refractivity contribution in [2.75, 3.05) is 37.3 Å². The van der Waals surface area contributed by atoms with E-state index in [-0.39, 0.29) is 55.0 Å². The molecule has 3 aliphatic carbocycles. The molecule has 2 aromatic carbocycles. The molecule has 5 atom stereocenters. The molecule has 4 N–H and O–H groups in total. The second kappa shape index (κ2) is 13.6. The van der Waals surface area contributed by atoms with Crippen molar-refractivity contribution in [1.82, 2.24) is 25.1 Å². The number of piperazine rings is 1. The van der Waals surface area contributed by atoms with E-state index in [0.717, 1.165) is 12.0 Å². The molecule has 7 rings (SSSR count). The molecule has 4 fully saturated rings.